The van der Waals surface area contributed by atoms with Gasteiger partial charge in [-0.15, -0.1) is 0 Å². The van der Waals surface area contributed by atoms with Crippen LogP contribution in [0.2, 0.25) is 0 Å². The van der Waals surface area contributed by atoms with Crippen molar-refractivity contribution < 1.29 is 23.1 Å². The first-order valence-electron chi connectivity index (χ1n) is 9.40. The van der Waals surface area contributed by atoms with Crippen LogP contribution in [0.1, 0.15) is 24.8 Å². The maximum Gasteiger partial charge on any atom is 0.319 e. The van der Waals surface area contributed by atoms with E-state index in [1.54, 1.807) is 29.2 Å². The summed E-state index contributed by atoms with van der Waals surface area (Å²) in [6.07, 6.45) is 0.309. The maximum atomic E-state index is 14.7. The summed E-state index contributed by atoms with van der Waals surface area (Å²) in [6, 6.07) is 8.03. The molecule has 0 saturated carbocycles. The molecule has 2 aromatic rings. The number of urea groups is 1. The summed E-state index contributed by atoms with van der Waals surface area (Å²) in [6.45, 7) is 1.92. The molecule has 1 saturated heterocycles. The summed E-state index contributed by atoms with van der Waals surface area (Å²) in [4.78, 5) is 25.9. The molecular weight excluding hydrogens is 460 g/mol. The summed E-state index contributed by atoms with van der Waals surface area (Å²) in [7, 11) is 1.33. The summed E-state index contributed by atoms with van der Waals surface area (Å²) >= 11 is 3.32. The van der Waals surface area contributed by atoms with Crippen molar-refractivity contribution in [3.05, 3.63) is 58.1 Å². The average Bonchev–Trinajstić information content (AvgIpc) is 2.70. The number of likely N-dealkylation sites (tertiary alicyclic amines) is 1. The highest BCUT2D eigenvalue weighted by Gasteiger charge is 2.36. The molecule has 1 heterocycles. The van der Waals surface area contributed by atoms with Crippen LogP contribution in [0.4, 0.5) is 19.3 Å². The third kappa shape index (κ3) is 5.08. The van der Waals surface area contributed by atoms with Crippen molar-refractivity contribution in [2.24, 2.45) is 0 Å². The molecule has 2 aromatic carbocycles. The number of piperidine rings is 1. The van der Waals surface area contributed by atoms with E-state index in [-0.39, 0.29) is 23.8 Å². The largest absolute Gasteiger partial charge is 0.497 e. The van der Waals surface area contributed by atoms with Crippen LogP contribution in [0, 0.1) is 11.6 Å². The van der Waals surface area contributed by atoms with Crippen LogP contribution in [0.25, 0.3) is 0 Å². The second kappa shape index (κ2) is 9.42. The van der Waals surface area contributed by atoms with Gasteiger partial charge in [0, 0.05) is 53.8 Å². The molecule has 1 aliphatic heterocycles. The second-order valence-corrected chi connectivity index (χ2v) is 7.99. The highest BCUT2D eigenvalue weighted by atomic mass is 79.9. The van der Waals surface area contributed by atoms with E-state index in [9.17, 15) is 18.4 Å². The van der Waals surface area contributed by atoms with Gasteiger partial charge in [0.05, 0.1) is 13.2 Å². The minimum Gasteiger partial charge on any atom is -0.497 e. The first-order valence-corrected chi connectivity index (χ1v) is 10.2. The SMILES string of the molecule is COc1cc(F)c(C2CCN(C(C)=O)CC2NC(=O)Nc2ccc(Br)cc2)c(F)c1. The van der Waals surface area contributed by atoms with E-state index >= 15 is 0 Å². The number of hydrogen-bond acceptors (Lipinski definition) is 3. The predicted octanol–water partition coefficient (Wildman–Crippen LogP) is 4.26. The lowest BCUT2D eigenvalue weighted by molar-refractivity contribution is -0.130. The Bertz CT molecular complexity index is 917. The molecule has 3 amide bonds. The van der Waals surface area contributed by atoms with Crippen LogP contribution in [-0.2, 0) is 4.79 Å². The molecular formula is C21H22BrF2N3O3. The highest BCUT2D eigenvalue weighted by molar-refractivity contribution is 9.10. The fourth-order valence-electron chi connectivity index (χ4n) is 3.63. The Kier molecular flexibility index (Phi) is 6.91. The molecule has 1 aliphatic rings. The zero-order valence-electron chi connectivity index (χ0n) is 16.5. The minimum atomic E-state index is -0.742. The molecule has 6 nitrogen and oxygen atoms in total. The molecule has 0 aromatic heterocycles. The van der Waals surface area contributed by atoms with Crippen LogP contribution in [0.3, 0.4) is 0 Å². The first-order chi connectivity index (χ1) is 14.3. The fourth-order valence-corrected chi connectivity index (χ4v) is 3.90. The van der Waals surface area contributed by atoms with Crippen molar-refractivity contribution in [3.63, 3.8) is 0 Å². The fraction of sp³-hybridized carbons (Fsp3) is 0.333. The molecule has 0 radical (unpaired) electrons. The van der Waals surface area contributed by atoms with Crippen molar-refractivity contribution in [1.29, 1.82) is 0 Å². The van der Waals surface area contributed by atoms with Gasteiger partial charge in [0.2, 0.25) is 5.91 Å². The Labute approximate surface area is 181 Å². The molecule has 2 N–H and O–H groups in total. The molecule has 9 heteroatoms. The van der Waals surface area contributed by atoms with E-state index in [2.05, 4.69) is 26.6 Å². The molecule has 2 atom stereocenters. The van der Waals surface area contributed by atoms with Crippen LogP contribution in [0.5, 0.6) is 5.75 Å². The lowest BCUT2D eigenvalue weighted by Gasteiger charge is -2.39. The number of anilines is 1. The van der Waals surface area contributed by atoms with Crippen LogP contribution in [-0.4, -0.2) is 43.1 Å². The van der Waals surface area contributed by atoms with Crippen LogP contribution >= 0.6 is 15.9 Å². The van der Waals surface area contributed by atoms with E-state index in [0.717, 1.165) is 16.6 Å². The van der Waals surface area contributed by atoms with Gasteiger partial charge in [-0.2, -0.15) is 0 Å². The van der Waals surface area contributed by atoms with Crippen LogP contribution < -0.4 is 15.4 Å². The van der Waals surface area contributed by atoms with E-state index in [1.165, 1.54) is 14.0 Å². The Morgan fingerprint density at radius 1 is 1.17 bits per heavy atom. The topological polar surface area (TPSA) is 70.7 Å². The minimum absolute atomic E-state index is 0.0763. The van der Waals surface area contributed by atoms with E-state index in [1.807, 2.05) is 0 Å². The number of carbonyl (C=O) groups is 2. The summed E-state index contributed by atoms with van der Waals surface area (Å²) < 4.78 is 35.2. The number of rotatable bonds is 4. The van der Waals surface area contributed by atoms with Gasteiger partial charge in [0.25, 0.3) is 0 Å². The maximum absolute atomic E-state index is 14.7. The molecule has 0 aliphatic carbocycles. The van der Waals surface area contributed by atoms with E-state index < -0.39 is 29.6 Å². The normalized spacial score (nSPS) is 18.6. The standard InChI is InChI=1S/C21H22BrF2N3O3/c1-12(28)27-8-7-16(20-17(23)9-15(30-2)10-18(20)24)19(11-27)26-21(29)25-14-5-3-13(22)4-6-14/h3-6,9-10,16,19H,7-8,11H2,1-2H3,(H2,25,26,29). The highest BCUT2D eigenvalue weighted by Crippen LogP contribution is 2.34. The molecule has 160 valence electrons. The summed E-state index contributed by atoms with van der Waals surface area (Å²) in [5, 5.41) is 5.48. The number of halogens is 3. The van der Waals surface area contributed by atoms with Gasteiger partial charge in [0.1, 0.15) is 17.4 Å². The van der Waals surface area contributed by atoms with Gasteiger partial charge in [-0.25, -0.2) is 13.6 Å². The third-order valence-corrected chi connectivity index (χ3v) is 5.66. The van der Waals surface area contributed by atoms with Gasteiger partial charge in [-0.1, -0.05) is 15.9 Å². The summed E-state index contributed by atoms with van der Waals surface area (Å²) in [5.41, 5.74) is 0.446. The smallest absolute Gasteiger partial charge is 0.319 e. The molecule has 1 fully saturated rings. The first kappa shape index (κ1) is 22.0. The van der Waals surface area contributed by atoms with Gasteiger partial charge < -0.3 is 20.3 Å². The zero-order chi connectivity index (χ0) is 21.8. The number of amides is 3. The molecule has 3 rings (SSSR count). The van der Waals surface area contributed by atoms with Gasteiger partial charge in [-0.05, 0) is 30.7 Å². The number of methoxy groups -OCH3 is 1. The van der Waals surface area contributed by atoms with Crippen molar-refractivity contribution in [2.75, 3.05) is 25.5 Å². The predicted molar refractivity (Wildman–Crippen MR) is 113 cm³/mol. The van der Waals surface area contributed by atoms with E-state index in [0.29, 0.717) is 18.7 Å². The van der Waals surface area contributed by atoms with Crippen LogP contribution in [0.15, 0.2) is 40.9 Å². The van der Waals surface area contributed by atoms with Crippen molar-refractivity contribution in [3.8, 4) is 5.75 Å². The molecule has 2 unspecified atom stereocenters. The molecule has 0 spiro atoms. The molecule has 0 bridgehead atoms. The number of nitrogens with zero attached hydrogens (tertiary/aromatic N) is 1. The van der Waals surface area contributed by atoms with Crippen molar-refractivity contribution >= 4 is 33.6 Å². The Morgan fingerprint density at radius 3 is 2.37 bits per heavy atom. The number of nitrogens with one attached hydrogen (secondary N) is 2. The number of carbonyl (C=O) groups excluding carboxylic acids is 2. The lowest BCUT2D eigenvalue weighted by atomic mass is 9.84. The zero-order valence-corrected chi connectivity index (χ0v) is 18.1. The third-order valence-electron chi connectivity index (χ3n) is 5.14. The average molecular weight is 482 g/mol. The van der Waals surface area contributed by atoms with E-state index in [4.69, 9.17) is 4.74 Å². The van der Waals surface area contributed by atoms with Gasteiger partial charge in [-0.3, -0.25) is 4.79 Å². The monoisotopic (exact) mass is 481 g/mol. The number of benzene rings is 2. The quantitative estimate of drug-likeness (QED) is 0.685. The van der Waals surface area contributed by atoms with Crippen molar-refractivity contribution in [2.45, 2.75) is 25.3 Å². The molecule has 30 heavy (non-hydrogen) atoms. The lowest BCUT2D eigenvalue weighted by Crippen LogP contribution is -2.53. The number of ether oxygens (including phenoxy) is 1. The Hall–Kier alpha value is -2.68. The van der Waals surface area contributed by atoms with Gasteiger partial charge >= 0.3 is 6.03 Å². The van der Waals surface area contributed by atoms with Gasteiger partial charge in [0.15, 0.2) is 0 Å². The summed E-state index contributed by atoms with van der Waals surface area (Å²) in [5.74, 6) is -2.21. The van der Waals surface area contributed by atoms with Crippen molar-refractivity contribution in [1.82, 2.24) is 10.2 Å². The Balaban J connectivity index is 1.84. The Morgan fingerprint density at radius 2 is 1.80 bits per heavy atom. The number of hydrogen-bond donors (Lipinski definition) is 2. The second-order valence-electron chi connectivity index (χ2n) is 7.08.